The van der Waals surface area contributed by atoms with E-state index in [0.29, 0.717) is 19.1 Å². The Labute approximate surface area is 81.8 Å². The number of halogens is 3. The van der Waals surface area contributed by atoms with Gasteiger partial charge in [0.25, 0.3) is 0 Å². The van der Waals surface area contributed by atoms with E-state index < -0.39 is 12.6 Å². The Kier molecular flexibility index (Phi) is 4.68. The molecule has 0 bridgehead atoms. The second kappa shape index (κ2) is 5.56. The Balaban J connectivity index is 1.97. The summed E-state index contributed by atoms with van der Waals surface area (Å²) in [6.45, 7) is 2.12. The number of ether oxygens (including phenoxy) is 1. The SMILES string of the molecule is FC(F)(F)CCNCC1CCCOC1. The first kappa shape index (κ1) is 11.8. The van der Waals surface area contributed by atoms with Crippen LogP contribution < -0.4 is 5.32 Å². The van der Waals surface area contributed by atoms with Crippen LogP contribution in [0.5, 0.6) is 0 Å². The standard InChI is InChI=1S/C9H16F3NO/c10-9(11,12)3-4-13-6-8-2-1-5-14-7-8/h8,13H,1-7H2. The van der Waals surface area contributed by atoms with Crippen LogP contribution in [0.15, 0.2) is 0 Å². The first-order valence-electron chi connectivity index (χ1n) is 4.93. The molecule has 0 aromatic carbocycles. The average molecular weight is 211 g/mol. The molecule has 0 amide bonds. The van der Waals surface area contributed by atoms with Crippen LogP contribution in [0.1, 0.15) is 19.3 Å². The van der Waals surface area contributed by atoms with Crippen molar-refractivity contribution < 1.29 is 17.9 Å². The fraction of sp³-hybridized carbons (Fsp3) is 1.00. The molecule has 14 heavy (non-hydrogen) atoms. The van der Waals surface area contributed by atoms with Crippen molar-refractivity contribution in [1.29, 1.82) is 0 Å². The highest BCUT2D eigenvalue weighted by atomic mass is 19.4. The van der Waals surface area contributed by atoms with Gasteiger partial charge in [-0.05, 0) is 18.8 Å². The van der Waals surface area contributed by atoms with Gasteiger partial charge >= 0.3 is 6.18 Å². The van der Waals surface area contributed by atoms with Crippen LogP contribution in [0.4, 0.5) is 13.2 Å². The maximum atomic E-state index is 11.8. The lowest BCUT2D eigenvalue weighted by atomic mass is 10.0. The molecule has 0 aromatic heterocycles. The fourth-order valence-corrected chi connectivity index (χ4v) is 1.50. The van der Waals surface area contributed by atoms with Crippen molar-refractivity contribution in [3.63, 3.8) is 0 Å². The molecule has 1 saturated heterocycles. The molecular formula is C9H16F3NO. The minimum atomic E-state index is -4.05. The summed E-state index contributed by atoms with van der Waals surface area (Å²) in [6.07, 6.45) is -2.72. The zero-order chi connectivity index (χ0) is 10.4. The maximum absolute atomic E-state index is 11.8. The summed E-state index contributed by atoms with van der Waals surface area (Å²) in [5.41, 5.74) is 0. The van der Waals surface area contributed by atoms with Gasteiger partial charge in [0.1, 0.15) is 0 Å². The van der Waals surface area contributed by atoms with Gasteiger partial charge in [0.2, 0.25) is 0 Å². The zero-order valence-electron chi connectivity index (χ0n) is 8.07. The van der Waals surface area contributed by atoms with Gasteiger partial charge in [-0.3, -0.25) is 0 Å². The molecular weight excluding hydrogens is 195 g/mol. The van der Waals surface area contributed by atoms with E-state index in [0.717, 1.165) is 19.4 Å². The smallest absolute Gasteiger partial charge is 0.381 e. The summed E-state index contributed by atoms with van der Waals surface area (Å²) in [6, 6.07) is 0. The molecule has 1 aliphatic heterocycles. The van der Waals surface area contributed by atoms with Crippen molar-refractivity contribution in [2.24, 2.45) is 5.92 Å². The van der Waals surface area contributed by atoms with Crippen LogP contribution in [0.2, 0.25) is 0 Å². The minimum Gasteiger partial charge on any atom is -0.381 e. The van der Waals surface area contributed by atoms with E-state index >= 15 is 0 Å². The van der Waals surface area contributed by atoms with Crippen molar-refractivity contribution in [3.8, 4) is 0 Å². The maximum Gasteiger partial charge on any atom is 0.390 e. The topological polar surface area (TPSA) is 21.3 Å². The second-order valence-corrected chi connectivity index (χ2v) is 3.65. The molecule has 1 rings (SSSR count). The van der Waals surface area contributed by atoms with Gasteiger partial charge in [0.05, 0.1) is 13.0 Å². The van der Waals surface area contributed by atoms with E-state index in [1.165, 1.54) is 0 Å². The largest absolute Gasteiger partial charge is 0.390 e. The lowest BCUT2D eigenvalue weighted by Gasteiger charge is -2.22. The normalized spacial score (nSPS) is 23.8. The first-order chi connectivity index (χ1) is 6.58. The van der Waals surface area contributed by atoms with Gasteiger partial charge in [0.15, 0.2) is 0 Å². The van der Waals surface area contributed by atoms with E-state index in [1.54, 1.807) is 0 Å². The number of alkyl halides is 3. The van der Waals surface area contributed by atoms with Crippen molar-refractivity contribution in [2.45, 2.75) is 25.4 Å². The van der Waals surface area contributed by atoms with Gasteiger partial charge in [-0.25, -0.2) is 0 Å². The van der Waals surface area contributed by atoms with Crippen LogP contribution in [0, 0.1) is 5.92 Å². The Morgan fingerprint density at radius 1 is 1.36 bits per heavy atom. The number of hydrogen-bond donors (Lipinski definition) is 1. The predicted octanol–water partition coefficient (Wildman–Crippen LogP) is 1.95. The van der Waals surface area contributed by atoms with Crippen molar-refractivity contribution in [1.82, 2.24) is 5.32 Å². The summed E-state index contributed by atoms with van der Waals surface area (Å²) in [5.74, 6) is 0.386. The van der Waals surface area contributed by atoms with E-state index in [4.69, 9.17) is 4.74 Å². The van der Waals surface area contributed by atoms with Crippen molar-refractivity contribution in [3.05, 3.63) is 0 Å². The predicted molar refractivity (Wildman–Crippen MR) is 47.1 cm³/mol. The molecule has 0 aliphatic carbocycles. The molecule has 0 saturated carbocycles. The molecule has 0 spiro atoms. The van der Waals surface area contributed by atoms with Crippen LogP contribution in [-0.4, -0.2) is 32.5 Å². The van der Waals surface area contributed by atoms with Crippen LogP contribution in [-0.2, 0) is 4.74 Å². The summed E-state index contributed by atoms with van der Waals surface area (Å²) in [4.78, 5) is 0. The van der Waals surface area contributed by atoms with Gasteiger partial charge < -0.3 is 10.1 Å². The third-order valence-electron chi connectivity index (χ3n) is 2.27. The zero-order valence-corrected chi connectivity index (χ0v) is 8.07. The second-order valence-electron chi connectivity index (χ2n) is 3.65. The molecule has 1 heterocycles. The van der Waals surface area contributed by atoms with Gasteiger partial charge in [-0.1, -0.05) is 0 Å². The monoisotopic (exact) mass is 211 g/mol. The number of nitrogens with one attached hydrogen (secondary N) is 1. The Morgan fingerprint density at radius 2 is 2.14 bits per heavy atom. The first-order valence-corrected chi connectivity index (χ1v) is 4.93. The van der Waals surface area contributed by atoms with E-state index in [2.05, 4.69) is 5.32 Å². The fourth-order valence-electron chi connectivity index (χ4n) is 1.50. The lowest BCUT2D eigenvalue weighted by Crippen LogP contribution is -2.31. The molecule has 5 heteroatoms. The number of rotatable bonds is 4. The molecule has 0 radical (unpaired) electrons. The summed E-state index contributed by atoms with van der Waals surface area (Å²) < 4.78 is 40.5. The highest BCUT2D eigenvalue weighted by molar-refractivity contribution is 4.66. The average Bonchev–Trinajstić information content (AvgIpc) is 2.13. The van der Waals surface area contributed by atoms with Crippen LogP contribution >= 0.6 is 0 Å². The number of hydrogen-bond acceptors (Lipinski definition) is 2. The van der Waals surface area contributed by atoms with Gasteiger partial charge in [0, 0.05) is 19.7 Å². The van der Waals surface area contributed by atoms with E-state index in [1.807, 2.05) is 0 Å². The summed E-state index contributed by atoms with van der Waals surface area (Å²) in [5, 5.41) is 2.81. The molecule has 1 N–H and O–H groups in total. The molecule has 1 fully saturated rings. The molecule has 0 aromatic rings. The molecule has 1 unspecified atom stereocenters. The van der Waals surface area contributed by atoms with E-state index in [9.17, 15) is 13.2 Å². The van der Waals surface area contributed by atoms with Gasteiger partial charge in [-0.2, -0.15) is 13.2 Å². The molecule has 2 nitrogen and oxygen atoms in total. The minimum absolute atomic E-state index is 0.0139. The Bertz CT molecular complexity index is 155. The third-order valence-corrected chi connectivity index (χ3v) is 2.27. The molecule has 1 atom stereocenters. The Hall–Kier alpha value is -0.290. The highest BCUT2D eigenvalue weighted by Crippen LogP contribution is 2.18. The highest BCUT2D eigenvalue weighted by Gasteiger charge is 2.26. The van der Waals surface area contributed by atoms with Crippen molar-refractivity contribution >= 4 is 0 Å². The lowest BCUT2D eigenvalue weighted by molar-refractivity contribution is -0.133. The quantitative estimate of drug-likeness (QED) is 0.718. The van der Waals surface area contributed by atoms with Gasteiger partial charge in [-0.15, -0.1) is 0 Å². The molecule has 84 valence electrons. The van der Waals surface area contributed by atoms with E-state index in [-0.39, 0.29) is 6.54 Å². The van der Waals surface area contributed by atoms with Crippen molar-refractivity contribution in [2.75, 3.05) is 26.3 Å². The Morgan fingerprint density at radius 3 is 2.71 bits per heavy atom. The summed E-state index contributed by atoms with van der Waals surface area (Å²) in [7, 11) is 0. The summed E-state index contributed by atoms with van der Waals surface area (Å²) >= 11 is 0. The third kappa shape index (κ3) is 5.44. The molecule has 1 aliphatic rings. The van der Waals surface area contributed by atoms with Crippen LogP contribution in [0.3, 0.4) is 0 Å². The van der Waals surface area contributed by atoms with Crippen LogP contribution in [0.25, 0.3) is 0 Å².